The van der Waals surface area contributed by atoms with Gasteiger partial charge in [-0.3, -0.25) is 10.1 Å². The molecule has 106 valence electrons. The van der Waals surface area contributed by atoms with Gasteiger partial charge in [0.2, 0.25) is 0 Å². The van der Waals surface area contributed by atoms with Gasteiger partial charge in [-0.15, -0.1) is 0 Å². The molecule has 0 bridgehead atoms. The van der Waals surface area contributed by atoms with Crippen molar-refractivity contribution in [3.8, 4) is 0 Å². The largest absolute Gasteiger partial charge is 0.396 e. The van der Waals surface area contributed by atoms with Crippen LogP contribution in [-0.2, 0) is 0 Å². The zero-order valence-corrected chi connectivity index (χ0v) is 11.5. The molecule has 0 aliphatic heterocycles. The van der Waals surface area contributed by atoms with Crippen LogP contribution in [0.2, 0.25) is 0 Å². The minimum absolute atomic E-state index is 0.112. The lowest BCUT2D eigenvalue weighted by atomic mass is 10.0. The van der Waals surface area contributed by atoms with Crippen LogP contribution in [0, 0.1) is 16.0 Å². The van der Waals surface area contributed by atoms with Crippen LogP contribution in [0.5, 0.6) is 0 Å². The van der Waals surface area contributed by atoms with Gasteiger partial charge in [0.05, 0.1) is 4.92 Å². The number of nitro benzene ring substituents is 1. The van der Waals surface area contributed by atoms with Gasteiger partial charge in [0.1, 0.15) is 0 Å². The van der Waals surface area contributed by atoms with Gasteiger partial charge in [0.25, 0.3) is 5.69 Å². The highest BCUT2D eigenvalue weighted by atomic mass is 16.6. The molecule has 0 heterocycles. The Hall–Kier alpha value is -1.46. The molecule has 5 heteroatoms. The Bertz CT molecular complexity index is 409. The molecule has 1 rings (SSSR count). The molecular formula is C14H22N2O3. The highest BCUT2D eigenvalue weighted by Crippen LogP contribution is 2.21. The third-order valence-electron chi connectivity index (χ3n) is 3.23. The Morgan fingerprint density at radius 2 is 2.21 bits per heavy atom. The topological polar surface area (TPSA) is 75.4 Å². The van der Waals surface area contributed by atoms with Gasteiger partial charge in [-0.2, -0.15) is 0 Å². The molecule has 2 N–H and O–H groups in total. The van der Waals surface area contributed by atoms with E-state index in [1.807, 2.05) is 13.0 Å². The highest BCUT2D eigenvalue weighted by Gasteiger charge is 2.13. The van der Waals surface area contributed by atoms with Crippen molar-refractivity contribution in [3.63, 3.8) is 0 Å². The Morgan fingerprint density at radius 1 is 1.47 bits per heavy atom. The van der Waals surface area contributed by atoms with Crippen LogP contribution in [0.15, 0.2) is 24.3 Å². The summed E-state index contributed by atoms with van der Waals surface area (Å²) in [5, 5.41) is 23.0. The summed E-state index contributed by atoms with van der Waals surface area (Å²) in [5.74, 6) is 0.387. The molecule has 0 radical (unpaired) electrons. The Balaban J connectivity index is 2.68. The lowest BCUT2D eigenvalue weighted by Crippen LogP contribution is -2.26. The molecule has 0 aliphatic rings. The average molecular weight is 266 g/mol. The maximum atomic E-state index is 10.8. The van der Waals surface area contributed by atoms with E-state index in [-0.39, 0.29) is 23.3 Å². The van der Waals surface area contributed by atoms with E-state index in [4.69, 9.17) is 5.11 Å². The first-order valence-corrected chi connectivity index (χ1v) is 6.67. The van der Waals surface area contributed by atoms with Gasteiger partial charge < -0.3 is 10.4 Å². The number of aliphatic hydroxyl groups excluding tert-OH is 1. The molecule has 0 amide bonds. The summed E-state index contributed by atoms with van der Waals surface area (Å²) in [6.07, 6.45) is 1.63. The van der Waals surface area contributed by atoms with Gasteiger partial charge in [-0.1, -0.05) is 26.0 Å². The van der Waals surface area contributed by atoms with Crippen molar-refractivity contribution in [2.45, 2.75) is 32.7 Å². The molecule has 1 aromatic carbocycles. The summed E-state index contributed by atoms with van der Waals surface area (Å²) in [4.78, 5) is 10.4. The standard InChI is InChI=1S/C14H22N2O3/c1-3-14(15-10-11(2)7-8-17)12-5-4-6-13(9-12)16(18)19/h4-6,9,11,14-15,17H,3,7-8,10H2,1-2H3. The molecular weight excluding hydrogens is 244 g/mol. The van der Waals surface area contributed by atoms with E-state index in [1.54, 1.807) is 12.1 Å². The smallest absolute Gasteiger partial charge is 0.269 e. The predicted molar refractivity (Wildman–Crippen MR) is 75.0 cm³/mol. The fraction of sp³-hybridized carbons (Fsp3) is 0.571. The zero-order chi connectivity index (χ0) is 14.3. The number of benzene rings is 1. The van der Waals surface area contributed by atoms with Crippen LogP contribution >= 0.6 is 0 Å². The van der Waals surface area contributed by atoms with Crippen LogP contribution in [0.25, 0.3) is 0 Å². The second kappa shape index (κ2) is 7.86. The number of rotatable bonds is 8. The molecule has 2 atom stereocenters. The number of hydrogen-bond acceptors (Lipinski definition) is 4. The molecule has 2 unspecified atom stereocenters. The molecule has 0 aliphatic carbocycles. The molecule has 0 fully saturated rings. The van der Waals surface area contributed by atoms with Gasteiger partial charge in [0.15, 0.2) is 0 Å². The maximum absolute atomic E-state index is 10.8. The van der Waals surface area contributed by atoms with Gasteiger partial charge >= 0.3 is 0 Å². The lowest BCUT2D eigenvalue weighted by Gasteiger charge is -2.20. The molecule has 0 saturated carbocycles. The van der Waals surface area contributed by atoms with Crippen molar-refractivity contribution < 1.29 is 10.0 Å². The number of non-ortho nitro benzene ring substituents is 1. The molecule has 5 nitrogen and oxygen atoms in total. The summed E-state index contributed by atoms with van der Waals surface area (Å²) in [6, 6.07) is 6.86. The first-order chi connectivity index (χ1) is 9.08. The van der Waals surface area contributed by atoms with Gasteiger partial charge in [0, 0.05) is 24.8 Å². The van der Waals surface area contributed by atoms with Crippen molar-refractivity contribution >= 4 is 5.69 Å². The lowest BCUT2D eigenvalue weighted by molar-refractivity contribution is -0.384. The van der Waals surface area contributed by atoms with Crippen LogP contribution in [0.3, 0.4) is 0 Å². The molecule has 0 aromatic heterocycles. The van der Waals surface area contributed by atoms with Gasteiger partial charge in [-0.05, 0) is 30.9 Å². The Labute approximate surface area is 113 Å². The monoisotopic (exact) mass is 266 g/mol. The molecule has 0 spiro atoms. The minimum Gasteiger partial charge on any atom is -0.396 e. The summed E-state index contributed by atoms with van der Waals surface area (Å²) >= 11 is 0. The van der Waals surface area contributed by atoms with Crippen LogP contribution in [0.4, 0.5) is 5.69 Å². The van der Waals surface area contributed by atoms with E-state index in [0.29, 0.717) is 5.92 Å². The van der Waals surface area contributed by atoms with Crippen molar-refractivity contribution in [2.24, 2.45) is 5.92 Å². The van der Waals surface area contributed by atoms with Crippen molar-refractivity contribution in [1.29, 1.82) is 0 Å². The fourth-order valence-corrected chi connectivity index (χ4v) is 2.02. The summed E-state index contributed by atoms with van der Waals surface area (Å²) in [5.41, 5.74) is 1.06. The SMILES string of the molecule is CCC(NCC(C)CCO)c1cccc([N+](=O)[O-])c1. The number of aliphatic hydroxyl groups is 1. The first-order valence-electron chi connectivity index (χ1n) is 6.67. The second-order valence-corrected chi connectivity index (χ2v) is 4.84. The van der Waals surface area contributed by atoms with E-state index in [1.165, 1.54) is 6.07 Å². The third-order valence-corrected chi connectivity index (χ3v) is 3.23. The highest BCUT2D eigenvalue weighted by molar-refractivity contribution is 5.35. The number of nitro groups is 1. The van der Waals surface area contributed by atoms with Gasteiger partial charge in [-0.25, -0.2) is 0 Å². The average Bonchev–Trinajstić information content (AvgIpc) is 2.40. The van der Waals surface area contributed by atoms with E-state index < -0.39 is 0 Å². The fourth-order valence-electron chi connectivity index (χ4n) is 2.02. The number of nitrogens with one attached hydrogen (secondary N) is 1. The van der Waals surface area contributed by atoms with E-state index >= 15 is 0 Å². The van der Waals surface area contributed by atoms with E-state index in [0.717, 1.165) is 24.9 Å². The van der Waals surface area contributed by atoms with Crippen LogP contribution in [-0.4, -0.2) is 23.2 Å². The summed E-state index contributed by atoms with van der Waals surface area (Å²) in [7, 11) is 0. The molecule has 19 heavy (non-hydrogen) atoms. The maximum Gasteiger partial charge on any atom is 0.269 e. The van der Waals surface area contributed by atoms with E-state index in [9.17, 15) is 10.1 Å². The predicted octanol–water partition coefficient (Wildman–Crippen LogP) is 2.65. The molecule has 0 saturated heterocycles. The second-order valence-electron chi connectivity index (χ2n) is 4.84. The third kappa shape index (κ3) is 4.96. The Kier molecular flexibility index (Phi) is 6.45. The molecule has 1 aromatic rings. The number of nitrogens with zero attached hydrogens (tertiary/aromatic N) is 1. The quantitative estimate of drug-likeness (QED) is 0.560. The van der Waals surface area contributed by atoms with Crippen molar-refractivity contribution in [1.82, 2.24) is 5.32 Å². The van der Waals surface area contributed by atoms with Crippen LogP contribution < -0.4 is 5.32 Å². The Morgan fingerprint density at radius 3 is 2.79 bits per heavy atom. The minimum atomic E-state index is -0.370. The summed E-state index contributed by atoms with van der Waals surface area (Å²) in [6.45, 7) is 5.11. The number of hydrogen-bond donors (Lipinski definition) is 2. The normalized spacial score (nSPS) is 14.1. The van der Waals surface area contributed by atoms with Crippen molar-refractivity contribution in [2.75, 3.05) is 13.2 Å². The van der Waals surface area contributed by atoms with Crippen LogP contribution in [0.1, 0.15) is 38.3 Å². The first kappa shape index (κ1) is 15.6. The van der Waals surface area contributed by atoms with E-state index in [2.05, 4.69) is 12.2 Å². The zero-order valence-electron chi connectivity index (χ0n) is 11.5. The van der Waals surface area contributed by atoms with Crippen molar-refractivity contribution in [3.05, 3.63) is 39.9 Å². The summed E-state index contributed by atoms with van der Waals surface area (Å²) < 4.78 is 0.